The maximum atomic E-state index is 13.8. The summed E-state index contributed by atoms with van der Waals surface area (Å²) in [5, 5.41) is 2.79. The van der Waals surface area contributed by atoms with Crippen molar-refractivity contribution in [3.05, 3.63) is 34.5 Å². The first kappa shape index (κ1) is 16.7. The van der Waals surface area contributed by atoms with E-state index in [1.807, 2.05) is 20.8 Å². The molecule has 1 atom stereocenters. The Hall–Kier alpha value is -1.66. The smallest absolute Gasteiger partial charge is 0.268 e. The van der Waals surface area contributed by atoms with E-state index < -0.39 is 17.5 Å². The molecule has 1 aromatic heterocycles. The highest BCUT2D eigenvalue weighted by molar-refractivity contribution is 6.31. The van der Waals surface area contributed by atoms with Crippen molar-refractivity contribution in [2.45, 2.75) is 26.8 Å². The fraction of sp³-hybridized carbons (Fsp3) is 0.400. The van der Waals surface area contributed by atoms with Gasteiger partial charge in [0.1, 0.15) is 5.69 Å². The van der Waals surface area contributed by atoms with E-state index in [0.717, 1.165) is 0 Å². The van der Waals surface area contributed by atoms with Crippen LogP contribution in [0.4, 0.5) is 8.78 Å². The molecule has 1 heterocycles. The molecular weight excluding hydrogens is 312 g/mol. The summed E-state index contributed by atoms with van der Waals surface area (Å²) in [6.45, 7) is 6.12. The number of carbonyl (C=O) groups excluding carboxylic acids is 1. The Morgan fingerprint density at radius 2 is 2.00 bits per heavy atom. The van der Waals surface area contributed by atoms with Crippen LogP contribution in [0.1, 0.15) is 31.3 Å². The highest BCUT2D eigenvalue weighted by Gasteiger charge is 2.26. The molecular formula is C15H18ClF2N3O. The number of amides is 1. The minimum atomic E-state index is -1.14. The normalized spacial score (nSPS) is 13.4. The first-order valence-corrected chi connectivity index (χ1v) is 7.20. The fourth-order valence-corrected chi connectivity index (χ4v) is 2.37. The standard InChI is InChI=1S/C15H18ClF2N3O/c1-15(2,3)10(6-19)21-14(22)9-5-7-4-8(16)11(17)12(18)13(7)20-9/h4-5,10,20H,6,19H2,1-3H3,(H,21,22)/t10-/m1/s1. The molecule has 0 fully saturated rings. The second kappa shape index (κ2) is 5.85. The van der Waals surface area contributed by atoms with Crippen molar-refractivity contribution in [2.75, 3.05) is 6.54 Å². The number of halogens is 3. The van der Waals surface area contributed by atoms with Crippen LogP contribution < -0.4 is 11.1 Å². The lowest BCUT2D eigenvalue weighted by molar-refractivity contribution is 0.0901. The van der Waals surface area contributed by atoms with Crippen LogP contribution in [0.2, 0.25) is 5.02 Å². The van der Waals surface area contributed by atoms with Crippen molar-refractivity contribution in [2.24, 2.45) is 11.1 Å². The number of rotatable bonds is 3. The van der Waals surface area contributed by atoms with Gasteiger partial charge in [0.25, 0.3) is 5.91 Å². The van der Waals surface area contributed by atoms with E-state index >= 15 is 0 Å². The molecule has 0 aliphatic heterocycles. The average molecular weight is 330 g/mol. The Balaban J connectivity index is 2.35. The van der Waals surface area contributed by atoms with Crippen molar-refractivity contribution >= 4 is 28.4 Å². The Labute approximate surface area is 132 Å². The van der Waals surface area contributed by atoms with E-state index in [2.05, 4.69) is 10.3 Å². The fourth-order valence-electron chi connectivity index (χ4n) is 2.17. The molecule has 4 nitrogen and oxygen atoms in total. The summed E-state index contributed by atoms with van der Waals surface area (Å²) >= 11 is 5.60. The topological polar surface area (TPSA) is 70.9 Å². The summed E-state index contributed by atoms with van der Waals surface area (Å²) in [5.74, 6) is -2.68. The molecule has 1 amide bonds. The molecule has 0 unspecified atom stereocenters. The monoisotopic (exact) mass is 329 g/mol. The summed E-state index contributed by atoms with van der Waals surface area (Å²) in [6.07, 6.45) is 0. The molecule has 0 radical (unpaired) electrons. The molecule has 2 aromatic rings. The van der Waals surface area contributed by atoms with Crippen molar-refractivity contribution in [3.8, 4) is 0 Å². The Morgan fingerprint density at radius 3 is 2.55 bits per heavy atom. The van der Waals surface area contributed by atoms with E-state index in [4.69, 9.17) is 17.3 Å². The molecule has 0 saturated heterocycles. The van der Waals surface area contributed by atoms with Gasteiger partial charge < -0.3 is 16.0 Å². The first-order valence-electron chi connectivity index (χ1n) is 6.82. The van der Waals surface area contributed by atoms with E-state index in [0.29, 0.717) is 5.39 Å². The molecule has 1 aromatic carbocycles. The van der Waals surface area contributed by atoms with Gasteiger partial charge in [-0.3, -0.25) is 4.79 Å². The molecule has 2 rings (SSSR count). The zero-order chi connectivity index (χ0) is 16.7. The van der Waals surface area contributed by atoms with Gasteiger partial charge in [-0.25, -0.2) is 8.78 Å². The SMILES string of the molecule is CC(C)(C)[C@@H](CN)NC(=O)c1cc2cc(Cl)c(F)c(F)c2[nH]1. The molecule has 4 N–H and O–H groups in total. The van der Waals surface area contributed by atoms with Crippen LogP contribution in [-0.2, 0) is 0 Å². The Morgan fingerprint density at radius 1 is 1.36 bits per heavy atom. The molecule has 0 aliphatic carbocycles. The van der Waals surface area contributed by atoms with Crippen molar-refractivity contribution < 1.29 is 13.6 Å². The number of hydrogen-bond donors (Lipinski definition) is 3. The third-order valence-electron chi connectivity index (χ3n) is 3.58. The van der Waals surface area contributed by atoms with E-state index in [9.17, 15) is 13.6 Å². The van der Waals surface area contributed by atoms with E-state index in [-0.39, 0.29) is 34.2 Å². The minimum Gasteiger partial charge on any atom is -0.348 e. The number of nitrogens with one attached hydrogen (secondary N) is 2. The van der Waals surface area contributed by atoms with Gasteiger partial charge in [0.15, 0.2) is 11.6 Å². The van der Waals surface area contributed by atoms with Gasteiger partial charge in [0.05, 0.1) is 10.5 Å². The minimum absolute atomic E-state index is 0.0906. The number of benzene rings is 1. The van der Waals surface area contributed by atoms with E-state index in [1.54, 1.807) is 0 Å². The largest absolute Gasteiger partial charge is 0.348 e. The molecule has 120 valence electrons. The highest BCUT2D eigenvalue weighted by atomic mass is 35.5. The van der Waals surface area contributed by atoms with Gasteiger partial charge in [0, 0.05) is 18.0 Å². The van der Waals surface area contributed by atoms with Crippen LogP contribution in [0.5, 0.6) is 0 Å². The summed E-state index contributed by atoms with van der Waals surface area (Å²) < 4.78 is 27.3. The zero-order valence-corrected chi connectivity index (χ0v) is 13.3. The Kier molecular flexibility index (Phi) is 4.44. The maximum Gasteiger partial charge on any atom is 0.268 e. The number of carbonyl (C=O) groups is 1. The van der Waals surface area contributed by atoms with Gasteiger partial charge in [-0.2, -0.15) is 0 Å². The van der Waals surface area contributed by atoms with Crippen LogP contribution in [-0.4, -0.2) is 23.5 Å². The number of fused-ring (bicyclic) bond motifs is 1. The quantitative estimate of drug-likeness (QED) is 0.757. The van der Waals surface area contributed by atoms with Crippen LogP contribution in [0.3, 0.4) is 0 Å². The molecule has 0 bridgehead atoms. The van der Waals surface area contributed by atoms with Gasteiger partial charge in [-0.15, -0.1) is 0 Å². The highest BCUT2D eigenvalue weighted by Crippen LogP contribution is 2.27. The summed E-state index contributed by atoms with van der Waals surface area (Å²) in [4.78, 5) is 14.9. The molecule has 22 heavy (non-hydrogen) atoms. The lowest BCUT2D eigenvalue weighted by Crippen LogP contribution is -2.48. The van der Waals surface area contributed by atoms with Crippen LogP contribution >= 0.6 is 11.6 Å². The second-order valence-electron chi connectivity index (χ2n) is 6.26. The van der Waals surface area contributed by atoms with Gasteiger partial charge in [-0.1, -0.05) is 32.4 Å². The number of H-pyrrole nitrogens is 1. The van der Waals surface area contributed by atoms with Crippen molar-refractivity contribution in [3.63, 3.8) is 0 Å². The predicted molar refractivity (Wildman–Crippen MR) is 83.0 cm³/mol. The number of aromatic amines is 1. The number of nitrogens with two attached hydrogens (primary N) is 1. The second-order valence-corrected chi connectivity index (χ2v) is 6.67. The van der Waals surface area contributed by atoms with Crippen molar-refractivity contribution in [1.82, 2.24) is 10.3 Å². The van der Waals surface area contributed by atoms with Crippen LogP contribution in [0.15, 0.2) is 12.1 Å². The average Bonchev–Trinajstić information content (AvgIpc) is 2.84. The number of aromatic nitrogens is 1. The maximum absolute atomic E-state index is 13.8. The van der Waals surface area contributed by atoms with Gasteiger partial charge in [0.2, 0.25) is 0 Å². The molecule has 0 saturated carbocycles. The van der Waals surface area contributed by atoms with Crippen molar-refractivity contribution in [1.29, 1.82) is 0 Å². The third-order valence-corrected chi connectivity index (χ3v) is 3.86. The first-order chi connectivity index (χ1) is 10.1. The van der Waals surface area contributed by atoms with Gasteiger partial charge >= 0.3 is 0 Å². The van der Waals surface area contributed by atoms with Crippen LogP contribution in [0.25, 0.3) is 10.9 Å². The lowest BCUT2D eigenvalue weighted by atomic mass is 9.87. The van der Waals surface area contributed by atoms with Gasteiger partial charge in [-0.05, 0) is 17.5 Å². The zero-order valence-electron chi connectivity index (χ0n) is 12.6. The molecule has 0 spiro atoms. The summed E-state index contributed by atoms with van der Waals surface area (Å²) in [5.41, 5.74) is 5.48. The summed E-state index contributed by atoms with van der Waals surface area (Å²) in [6, 6.07) is 2.44. The summed E-state index contributed by atoms with van der Waals surface area (Å²) in [7, 11) is 0. The lowest BCUT2D eigenvalue weighted by Gasteiger charge is -2.30. The van der Waals surface area contributed by atoms with E-state index in [1.165, 1.54) is 12.1 Å². The van der Waals surface area contributed by atoms with Crippen LogP contribution in [0, 0.1) is 17.0 Å². The molecule has 7 heteroatoms. The predicted octanol–water partition coefficient (Wildman–Crippen LogP) is 3.20. The molecule has 0 aliphatic rings. The third kappa shape index (κ3) is 3.08. The Bertz CT molecular complexity index is 722. The number of hydrogen-bond acceptors (Lipinski definition) is 2.